The molecular formula is C24H35BrN5O3+. The van der Waals surface area contributed by atoms with Gasteiger partial charge < -0.3 is 14.2 Å². The standard InChI is InChI=1S/C24H35BrN5O3/c25-19-1-3-20(4-2-19)26-27-24-22(29-7-13-32-14-8-29)17-21(28-5-11-31-12-6-28)18-23(24)30-9-15-33-16-10-30/h1-4,21-23H,5-18H2/q+1. The van der Waals surface area contributed by atoms with Crippen LogP contribution in [-0.2, 0) is 14.2 Å². The largest absolute Gasteiger partial charge is 0.379 e. The molecule has 0 aromatic rings. The molecule has 4 fully saturated rings. The van der Waals surface area contributed by atoms with Crippen molar-refractivity contribution in [2.75, 3.05) is 78.9 Å². The molecule has 0 bridgehead atoms. The Morgan fingerprint density at radius 2 is 1.24 bits per heavy atom. The lowest BCUT2D eigenvalue weighted by Gasteiger charge is -2.49. The predicted octanol–water partition coefficient (Wildman–Crippen LogP) is 1.73. The lowest BCUT2D eigenvalue weighted by Crippen LogP contribution is -2.63. The molecule has 5 aliphatic rings. The second-order valence-corrected chi connectivity index (χ2v) is 10.1. The maximum atomic E-state index is 5.69. The van der Waals surface area contributed by atoms with Gasteiger partial charge in [0.2, 0.25) is 0 Å². The molecule has 0 aromatic heterocycles. The van der Waals surface area contributed by atoms with Crippen LogP contribution in [0, 0.1) is 6.42 Å². The molecule has 180 valence electrons. The maximum Gasteiger partial charge on any atom is 0.193 e. The zero-order valence-corrected chi connectivity index (χ0v) is 20.9. The minimum Gasteiger partial charge on any atom is -0.379 e. The van der Waals surface area contributed by atoms with E-state index in [1.807, 2.05) is 24.6 Å². The summed E-state index contributed by atoms with van der Waals surface area (Å²) in [4.78, 5) is 7.81. The molecule has 8 nitrogen and oxygen atoms in total. The highest BCUT2D eigenvalue weighted by molar-refractivity contribution is 9.11. The summed E-state index contributed by atoms with van der Waals surface area (Å²) in [6, 6.07) is 1.09. The quantitative estimate of drug-likeness (QED) is 0.415. The zero-order chi connectivity index (χ0) is 22.5. The number of nitrogens with zero attached hydrogens (tertiary/aromatic N) is 5. The third kappa shape index (κ3) is 5.96. The number of hydrogen-bond donors (Lipinski definition) is 0. The Hall–Kier alpha value is -1.07. The van der Waals surface area contributed by atoms with E-state index >= 15 is 0 Å². The number of morpholine rings is 3. The van der Waals surface area contributed by atoms with E-state index in [0.717, 1.165) is 102 Å². The molecule has 2 aliphatic carbocycles. The Bertz CT molecular complexity index is 753. The van der Waals surface area contributed by atoms with Crippen LogP contribution in [0.15, 0.2) is 32.9 Å². The first-order valence-corrected chi connectivity index (χ1v) is 13.1. The molecule has 33 heavy (non-hydrogen) atoms. The molecule has 0 aromatic carbocycles. The Morgan fingerprint density at radius 1 is 0.727 bits per heavy atom. The fourth-order valence-electron chi connectivity index (χ4n) is 5.52. The molecule has 5 rings (SSSR count). The normalized spacial score (nSPS) is 34.2. The van der Waals surface area contributed by atoms with Crippen LogP contribution in [0.25, 0.3) is 0 Å². The minimum absolute atomic E-state index is 0.280. The Balaban J connectivity index is 1.45. The summed E-state index contributed by atoms with van der Waals surface area (Å²) in [6.07, 6.45) is 10.3. The van der Waals surface area contributed by atoms with Gasteiger partial charge in [-0.1, -0.05) is 0 Å². The van der Waals surface area contributed by atoms with Crippen LogP contribution >= 0.6 is 15.9 Å². The monoisotopic (exact) mass is 520 g/mol. The van der Waals surface area contributed by atoms with E-state index in [2.05, 4.69) is 30.6 Å². The van der Waals surface area contributed by atoms with E-state index in [1.54, 1.807) is 0 Å². The Kier molecular flexibility index (Phi) is 8.30. The highest BCUT2D eigenvalue weighted by atomic mass is 79.9. The Labute approximate surface area is 205 Å². The summed E-state index contributed by atoms with van der Waals surface area (Å²) in [7, 11) is 0. The summed E-state index contributed by atoms with van der Waals surface area (Å²) >= 11 is 3.51. The van der Waals surface area contributed by atoms with Gasteiger partial charge in [-0.05, 0) is 12.8 Å². The molecule has 3 aliphatic heterocycles. The van der Waals surface area contributed by atoms with Crippen LogP contribution in [-0.4, -0.2) is 123 Å². The summed E-state index contributed by atoms with van der Waals surface area (Å²) < 4.78 is 18.1. The Morgan fingerprint density at radius 3 is 1.73 bits per heavy atom. The van der Waals surface area contributed by atoms with Crippen LogP contribution in [0.5, 0.6) is 0 Å². The van der Waals surface area contributed by atoms with Crippen LogP contribution < -0.4 is 0 Å². The van der Waals surface area contributed by atoms with Gasteiger partial charge in [-0.15, -0.1) is 5.10 Å². The van der Waals surface area contributed by atoms with E-state index in [-0.39, 0.29) is 12.1 Å². The van der Waals surface area contributed by atoms with Crippen LogP contribution in [0.3, 0.4) is 0 Å². The lowest BCUT2D eigenvalue weighted by atomic mass is 9.82. The van der Waals surface area contributed by atoms with Crippen molar-refractivity contribution in [2.45, 2.75) is 31.0 Å². The fourth-order valence-corrected chi connectivity index (χ4v) is 5.79. The van der Waals surface area contributed by atoms with Crippen molar-refractivity contribution in [3.8, 4) is 0 Å². The van der Waals surface area contributed by atoms with E-state index < -0.39 is 0 Å². The number of halogens is 1. The van der Waals surface area contributed by atoms with Gasteiger partial charge in [0.15, 0.2) is 5.71 Å². The smallest absolute Gasteiger partial charge is 0.193 e. The first-order valence-electron chi connectivity index (χ1n) is 12.3. The molecule has 0 radical (unpaired) electrons. The van der Waals surface area contributed by atoms with E-state index in [4.69, 9.17) is 24.4 Å². The molecule has 9 heteroatoms. The van der Waals surface area contributed by atoms with E-state index in [1.165, 1.54) is 5.71 Å². The fraction of sp³-hybridized carbons (Fsp3) is 0.708. The third-order valence-corrected chi connectivity index (χ3v) is 7.84. The maximum absolute atomic E-state index is 5.69. The van der Waals surface area contributed by atoms with Crippen molar-refractivity contribution in [2.24, 2.45) is 10.2 Å². The van der Waals surface area contributed by atoms with E-state index in [9.17, 15) is 0 Å². The van der Waals surface area contributed by atoms with Crippen molar-refractivity contribution in [1.29, 1.82) is 0 Å². The molecular weight excluding hydrogens is 486 g/mol. The van der Waals surface area contributed by atoms with Gasteiger partial charge in [0.1, 0.15) is 4.48 Å². The number of allylic oxidation sites excluding steroid dienone is 4. The summed E-state index contributed by atoms with van der Waals surface area (Å²) in [6.45, 7) is 10.7. The second-order valence-electron chi connectivity index (χ2n) is 9.20. The van der Waals surface area contributed by atoms with Crippen molar-refractivity contribution < 1.29 is 14.2 Å². The van der Waals surface area contributed by atoms with Crippen molar-refractivity contribution in [3.05, 3.63) is 29.1 Å². The highest BCUT2D eigenvalue weighted by Gasteiger charge is 2.43. The second kappa shape index (κ2) is 11.6. The van der Waals surface area contributed by atoms with Crippen LogP contribution in [0.2, 0.25) is 0 Å². The summed E-state index contributed by atoms with van der Waals surface area (Å²) in [5.41, 5.74) is 2.11. The molecule has 0 amide bonds. The van der Waals surface area contributed by atoms with Gasteiger partial charge in [0.25, 0.3) is 0 Å². The topological polar surface area (TPSA) is 62.1 Å². The van der Waals surface area contributed by atoms with Gasteiger partial charge in [-0.3, -0.25) is 14.7 Å². The first kappa shape index (κ1) is 23.7. The number of rotatable bonds is 4. The van der Waals surface area contributed by atoms with Gasteiger partial charge in [-0.2, -0.15) is 5.10 Å². The SMILES string of the molecule is BrC1=C[CH+]/C(=N/N=C2C(N3CCOCC3)CC(N3CCOCC3)CC2N2CCOCC2)C=C1. The molecule has 0 spiro atoms. The molecule has 2 unspecified atom stereocenters. The average Bonchev–Trinajstić information content (AvgIpc) is 2.89. The summed E-state index contributed by atoms with van der Waals surface area (Å²) in [5, 5.41) is 9.71. The van der Waals surface area contributed by atoms with Gasteiger partial charge in [0.05, 0.1) is 82.1 Å². The number of hydrogen-bond acceptors (Lipinski definition) is 8. The molecule has 3 heterocycles. The summed E-state index contributed by atoms with van der Waals surface area (Å²) in [5.74, 6) is 0. The number of ether oxygens (including phenoxy) is 3. The third-order valence-electron chi connectivity index (χ3n) is 7.32. The van der Waals surface area contributed by atoms with Crippen molar-refractivity contribution >= 4 is 27.4 Å². The van der Waals surface area contributed by atoms with Crippen LogP contribution in [0.1, 0.15) is 12.8 Å². The van der Waals surface area contributed by atoms with Gasteiger partial charge in [-0.25, -0.2) is 0 Å². The first-order chi connectivity index (χ1) is 16.3. The van der Waals surface area contributed by atoms with Crippen molar-refractivity contribution in [1.82, 2.24) is 14.7 Å². The minimum atomic E-state index is 0.280. The average molecular weight is 521 g/mol. The van der Waals surface area contributed by atoms with Gasteiger partial charge >= 0.3 is 0 Å². The zero-order valence-electron chi connectivity index (χ0n) is 19.3. The van der Waals surface area contributed by atoms with Crippen molar-refractivity contribution in [3.63, 3.8) is 0 Å². The van der Waals surface area contributed by atoms with Crippen LogP contribution in [0.4, 0.5) is 0 Å². The van der Waals surface area contributed by atoms with Gasteiger partial charge in [0, 0.05) is 61.2 Å². The highest BCUT2D eigenvalue weighted by Crippen LogP contribution is 2.30. The molecule has 1 saturated carbocycles. The molecule has 0 N–H and O–H groups in total. The lowest BCUT2D eigenvalue weighted by molar-refractivity contribution is -0.0224. The molecule has 2 atom stereocenters. The molecule has 3 saturated heterocycles. The predicted molar refractivity (Wildman–Crippen MR) is 133 cm³/mol. The van der Waals surface area contributed by atoms with E-state index in [0.29, 0.717) is 6.04 Å².